The highest BCUT2D eigenvalue weighted by molar-refractivity contribution is 5.69. The summed E-state index contributed by atoms with van der Waals surface area (Å²) in [7, 11) is 0. The van der Waals surface area contributed by atoms with Crippen LogP contribution in [0.3, 0.4) is 0 Å². The molecule has 1 fully saturated rings. The lowest BCUT2D eigenvalue weighted by molar-refractivity contribution is -0.141. The van der Waals surface area contributed by atoms with Gasteiger partial charge in [0.05, 0.1) is 0 Å². The van der Waals surface area contributed by atoms with E-state index in [0.29, 0.717) is 11.3 Å². The van der Waals surface area contributed by atoms with Gasteiger partial charge in [-0.15, -0.1) is 0 Å². The number of anilines is 1. The molecule has 1 saturated heterocycles. The maximum absolute atomic E-state index is 12.8. The number of nitrogens with one attached hydrogen (secondary N) is 1. The third-order valence-corrected chi connectivity index (χ3v) is 3.75. The molecular formula is C13H16F3N5. The molecule has 0 aliphatic carbocycles. The fourth-order valence-corrected chi connectivity index (χ4v) is 2.67. The van der Waals surface area contributed by atoms with Crippen molar-refractivity contribution in [3.63, 3.8) is 0 Å². The number of hydrogen-bond donors (Lipinski definition) is 1. The molecular weight excluding hydrogens is 283 g/mol. The maximum Gasteiger partial charge on any atom is 0.435 e. The number of alkyl halides is 3. The van der Waals surface area contributed by atoms with Gasteiger partial charge in [0.1, 0.15) is 5.52 Å². The van der Waals surface area contributed by atoms with E-state index in [-0.39, 0.29) is 6.04 Å². The second-order valence-electron chi connectivity index (χ2n) is 5.07. The summed E-state index contributed by atoms with van der Waals surface area (Å²) in [6.07, 6.45) is -0.617. The molecule has 1 N–H and O–H groups in total. The predicted octanol–water partition coefficient (Wildman–Crippen LogP) is 1.94. The maximum atomic E-state index is 12.8. The van der Waals surface area contributed by atoms with E-state index in [0.717, 1.165) is 32.1 Å². The molecule has 0 amide bonds. The molecule has 1 unspecified atom stereocenters. The van der Waals surface area contributed by atoms with Gasteiger partial charge in [-0.3, -0.25) is 0 Å². The number of halogens is 3. The van der Waals surface area contributed by atoms with Crippen molar-refractivity contribution in [2.24, 2.45) is 0 Å². The lowest BCUT2D eigenvalue weighted by Crippen LogP contribution is -2.51. The first-order chi connectivity index (χ1) is 10.0. The fourth-order valence-electron chi connectivity index (χ4n) is 2.67. The molecule has 3 heterocycles. The van der Waals surface area contributed by atoms with E-state index in [1.165, 1.54) is 16.9 Å². The molecule has 0 aromatic carbocycles. The molecule has 0 radical (unpaired) electrons. The molecule has 1 atom stereocenters. The minimum Gasteiger partial charge on any atom is -0.349 e. The van der Waals surface area contributed by atoms with Gasteiger partial charge < -0.3 is 10.2 Å². The van der Waals surface area contributed by atoms with Gasteiger partial charge in [-0.1, -0.05) is 6.92 Å². The van der Waals surface area contributed by atoms with E-state index in [4.69, 9.17) is 0 Å². The number of piperazine rings is 1. The zero-order chi connectivity index (χ0) is 15.0. The molecule has 3 rings (SSSR count). The smallest absolute Gasteiger partial charge is 0.349 e. The van der Waals surface area contributed by atoms with Gasteiger partial charge in [0, 0.05) is 44.1 Å². The SMILES string of the molecule is CCC1CNCCN1c1nccn2nc(C(F)(F)F)cc12. The number of fused-ring (bicyclic) bond motifs is 1. The first-order valence-corrected chi connectivity index (χ1v) is 6.89. The van der Waals surface area contributed by atoms with Crippen molar-refractivity contribution in [3.05, 3.63) is 24.2 Å². The van der Waals surface area contributed by atoms with Crippen molar-refractivity contribution in [1.82, 2.24) is 19.9 Å². The van der Waals surface area contributed by atoms with Gasteiger partial charge in [0.2, 0.25) is 0 Å². The van der Waals surface area contributed by atoms with Crippen molar-refractivity contribution in [1.29, 1.82) is 0 Å². The second-order valence-corrected chi connectivity index (χ2v) is 5.07. The first-order valence-electron chi connectivity index (χ1n) is 6.89. The molecule has 0 bridgehead atoms. The fraction of sp³-hybridized carbons (Fsp3) is 0.538. The Balaban J connectivity index is 2.07. The van der Waals surface area contributed by atoms with Gasteiger partial charge in [-0.2, -0.15) is 18.3 Å². The van der Waals surface area contributed by atoms with Crippen LogP contribution in [0.25, 0.3) is 5.52 Å². The predicted molar refractivity (Wildman–Crippen MR) is 72.3 cm³/mol. The molecule has 1 aliphatic rings. The van der Waals surface area contributed by atoms with E-state index in [2.05, 4.69) is 27.2 Å². The summed E-state index contributed by atoms with van der Waals surface area (Å²) in [4.78, 5) is 6.36. The van der Waals surface area contributed by atoms with Crippen LogP contribution in [0.1, 0.15) is 19.0 Å². The Hall–Kier alpha value is -1.83. The number of aromatic nitrogens is 3. The van der Waals surface area contributed by atoms with Gasteiger partial charge in [0.15, 0.2) is 11.5 Å². The summed E-state index contributed by atoms with van der Waals surface area (Å²) in [6, 6.07) is 1.29. The van der Waals surface area contributed by atoms with Crippen LogP contribution >= 0.6 is 0 Å². The Morgan fingerprint density at radius 2 is 2.24 bits per heavy atom. The van der Waals surface area contributed by atoms with Crippen LogP contribution in [-0.4, -0.2) is 40.3 Å². The molecule has 114 valence electrons. The molecule has 21 heavy (non-hydrogen) atoms. The van der Waals surface area contributed by atoms with Crippen LogP contribution in [0, 0.1) is 0 Å². The minimum atomic E-state index is -4.45. The lowest BCUT2D eigenvalue weighted by Gasteiger charge is -2.36. The molecule has 1 aliphatic heterocycles. The molecule has 0 saturated carbocycles. The highest BCUT2D eigenvalue weighted by atomic mass is 19.4. The van der Waals surface area contributed by atoms with Gasteiger partial charge in [-0.25, -0.2) is 9.50 Å². The minimum absolute atomic E-state index is 0.224. The molecule has 8 heteroatoms. The highest BCUT2D eigenvalue weighted by Gasteiger charge is 2.35. The van der Waals surface area contributed by atoms with Crippen LogP contribution in [0.2, 0.25) is 0 Å². The third kappa shape index (κ3) is 2.55. The van der Waals surface area contributed by atoms with Crippen molar-refractivity contribution in [2.75, 3.05) is 24.5 Å². The third-order valence-electron chi connectivity index (χ3n) is 3.75. The van der Waals surface area contributed by atoms with Gasteiger partial charge in [-0.05, 0) is 6.42 Å². The van der Waals surface area contributed by atoms with Crippen LogP contribution in [0.4, 0.5) is 19.0 Å². The lowest BCUT2D eigenvalue weighted by atomic mass is 10.1. The normalized spacial score (nSPS) is 20.2. The van der Waals surface area contributed by atoms with Crippen molar-refractivity contribution in [2.45, 2.75) is 25.6 Å². The number of hydrogen-bond acceptors (Lipinski definition) is 4. The van der Waals surface area contributed by atoms with Crippen molar-refractivity contribution >= 4 is 11.3 Å². The Kier molecular flexibility index (Phi) is 3.48. The van der Waals surface area contributed by atoms with E-state index in [1.54, 1.807) is 0 Å². The van der Waals surface area contributed by atoms with Crippen LogP contribution in [0.5, 0.6) is 0 Å². The monoisotopic (exact) mass is 299 g/mol. The standard InChI is InChI=1S/C13H16F3N5/c1-2-9-8-17-3-5-20(9)12-10-7-11(13(14,15)16)19-21(10)6-4-18-12/h4,6-7,9,17H,2-3,5,8H2,1H3. The van der Waals surface area contributed by atoms with E-state index >= 15 is 0 Å². The summed E-state index contributed by atoms with van der Waals surface area (Å²) in [5.74, 6) is 0.564. The zero-order valence-corrected chi connectivity index (χ0v) is 11.6. The van der Waals surface area contributed by atoms with E-state index in [9.17, 15) is 13.2 Å². The quantitative estimate of drug-likeness (QED) is 0.920. The summed E-state index contributed by atoms with van der Waals surface area (Å²) in [5, 5.41) is 6.89. The second kappa shape index (κ2) is 5.18. The van der Waals surface area contributed by atoms with Crippen LogP contribution in [0.15, 0.2) is 18.5 Å². The topological polar surface area (TPSA) is 45.5 Å². The molecule has 5 nitrogen and oxygen atoms in total. The summed E-state index contributed by atoms with van der Waals surface area (Å²) in [5.41, 5.74) is -0.495. The summed E-state index contributed by atoms with van der Waals surface area (Å²) >= 11 is 0. The van der Waals surface area contributed by atoms with E-state index in [1.807, 2.05) is 0 Å². The Morgan fingerprint density at radius 1 is 1.43 bits per heavy atom. The van der Waals surface area contributed by atoms with Crippen molar-refractivity contribution < 1.29 is 13.2 Å². The summed E-state index contributed by atoms with van der Waals surface area (Å²) in [6.45, 7) is 4.37. The average Bonchev–Trinajstić information content (AvgIpc) is 2.91. The number of rotatable bonds is 2. The molecule has 2 aromatic rings. The van der Waals surface area contributed by atoms with Crippen LogP contribution < -0.4 is 10.2 Å². The van der Waals surface area contributed by atoms with Crippen molar-refractivity contribution in [3.8, 4) is 0 Å². The van der Waals surface area contributed by atoms with Crippen LogP contribution in [-0.2, 0) is 6.18 Å². The van der Waals surface area contributed by atoms with E-state index < -0.39 is 11.9 Å². The van der Waals surface area contributed by atoms with Gasteiger partial charge in [0.25, 0.3) is 0 Å². The average molecular weight is 299 g/mol. The number of nitrogens with zero attached hydrogens (tertiary/aromatic N) is 4. The Labute approximate surface area is 119 Å². The Morgan fingerprint density at radius 3 is 2.95 bits per heavy atom. The van der Waals surface area contributed by atoms with Gasteiger partial charge >= 0.3 is 6.18 Å². The zero-order valence-electron chi connectivity index (χ0n) is 11.6. The largest absolute Gasteiger partial charge is 0.435 e. The summed E-state index contributed by atoms with van der Waals surface area (Å²) < 4.78 is 39.7. The molecule has 2 aromatic heterocycles. The molecule has 0 spiro atoms. The highest BCUT2D eigenvalue weighted by Crippen LogP contribution is 2.31. The first kappa shape index (κ1) is 14.1. The Bertz CT molecular complexity index is 636.